The number of thiazole rings is 1. The van der Waals surface area contributed by atoms with Gasteiger partial charge in [-0.3, -0.25) is 9.78 Å². The van der Waals surface area contributed by atoms with E-state index in [1.165, 1.54) is 11.3 Å². The first-order valence-corrected chi connectivity index (χ1v) is 9.04. The Labute approximate surface area is 159 Å². The molecule has 3 rings (SSSR count). The third-order valence-electron chi connectivity index (χ3n) is 3.65. The molecule has 1 aromatic carbocycles. The van der Waals surface area contributed by atoms with Gasteiger partial charge in [0.15, 0.2) is 6.10 Å². The maximum Gasteiger partial charge on any atom is 0.350 e. The summed E-state index contributed by atoms with van der Waals surface area (Å²) in [4.78, 5) is 33.8. The van der Waals surface area contributed by atoms with Gasteiger partial charge in [-0.05, 0) is 50.2 Å². The molecule has 0 spiro atoms. The molecule has 0 saturated carbocycles. The van der Waals surface area contributed by atoms with E-state index in [0.29, 0.717) is 31.9 Å². The number of ether oxygens (including phenoxy) is 1. The van der Waals surface area contributed by atoms with E-state index in [4.69, 9.17) is 16.3 Å². The first kappa shape index (κ1) is 18.2. The maximum atomic E-state index is 12.5. The number of carbonyl (C=O) groups excluding carboxylic acids is 2. The molecule has 0 aliphatic heterocycles. The van der Waals surface area contributed by atoms with Crippen molar-refractivity contribution in [2.24, 2.45) is 0 Å². The smallest absolute Gasteiger partial charge is 0.350 e. The lowest BCUT2D eigenvalue weighted by molar-refractivity contribution is 0.0322. The Morgan fingerprint density at radius 2 is 1.88 bits per heavy atom. The van der Waals surface area contributed by atoms with Crippen molar-refractivity contribution in [1.82, 2.24) is 9.97 Å². The van der Waals surface area contributed by atoms with Gasteiger partial charge < -0.3 is 4.74 Å². The Hall–Kier alpha value is -2.57. The van der Waals surface area contributed by atoms with Crippen LogP contribution < -0.4 is 0 Å². The van der Waals surface area contributed by atoms with E-state index >= 15 is 0 Å². The summed E-state index contributed by atoms with van der Waals surface area (Å²) in [6.07, 6.45) is 0.750. The van der Waals surface area contributed by atoms with Gasteiger partial charge in [-0.25, -0.2) is 9.78 Å². The minimum atomic E-state index is -0.913. The van der Waals surface area contributed by atoms with E-state index in [9.17, 15) is 9.59 Å². The van der Waals surface area contributed by atoms with Crippen LogP contribution in [0.3, 0.4) is 0 Å². The maximum absolute atomic E-state index is 12.5. The normalized spacial score (nSPS) is 11.8. The molecule has 7 heteroatoms. The van der Waals surface area contributed by atoms with Crippen LogP contribution in [0.1, 0.15) is 32.6 Å². The zero-order valence-corrected chi connectivity index (χ0v) is 15.7. The third-order valence-corrected chi connectivity index (χ3v) is 5.06. The summed E-state index contributed by atoms with van der Waals surface area (Å²) < 4.78 is 5.34. The van der Waals surface area contributed by atoms with Gasteiger partial charge in [-0.2, -0.15) is 0 Å². The summed E-state index contributed by atoms with van der Waals surface area (Å²) in [6, 6.07) is 11.9. The Kier molecular flexibility index (Phi) is 5.44. The predicted molar refractivity (Wildman–Crippen MR) is 101 cm³/mol. The number of esters is 1. The number of halogens is 1. The van der Waals surface area contributed by atoms with Crippen molar-refractivity contribution in [3.63, 3.8) is 0 Å². The van der Waals surface area contributed by atoms with Gasteiger partial charge in [-0.1, -0.05) is 17.7 Å². The molecule has 3 aromatic rings. The van der Waals surface area contributed by atoms with Crippen LogP contribution in [0.5, 0.6) is 0 Å². The largest absolute Gasteiger partial charge is 0.450 e. The Bertz CT molecular complexity index is 939. The zero-order valence-electron chi connectivity index (χ0n) is 14.1. The molecule has 132 valence electrons. The number of benzene rings is 1. The number of hydrogen-bond acceptors (Lipinski definition) is 6. The summed E-state index contributed by atoms with van der Waals surface area (Å²) in [5.74, 6) is -0.862. The molecule has 0 aliphatic rings. The molecule has 0 saturated heterocycles. The van der Waals surface area contributed by atoms with Gasteiger partial charge >= 0.3 is 5.97 Å². The summed E-state index contributed by atoms with van der Waals surface area (Å²) in [5.41, 5.74) is 1.67. The Balaban J connectivity index is 1.74. The van der Waals surface area contributed by atoms with Crippen LogP contribution in [0.25, 0.3) is 10.7 Å². The molecule has 1 unspecified atom stereocenters. The number of aromatic nitrogens is 2. The van der Waals surface area contributed by atoms with Crippen molar-refractivity contribution in [2.45, 2.75) is 20.0 Å². The van der Waals surface area contributed by atoms with Crippen LogP contribution >= 0.6 is 22.9 Å². The number of ketones is 1. The van der Waals surface area contributed by atoms with Crippen molar-refractivity contribution in [1.29, 1.82) is 0 Å². The van der Waals surface area contributed by atoms with Crippen molar-refractivity contribution in [3.8, 4) is 10.7 Å². The molecule has 2 heterocycles. The topological polar surface area (TPSA) is 69.2 Å². The minimum absolute atomic E-state index is 0.290. The highest BCUT2D eigenvalue weighted by atomic mass is 35.5. The number of carbonyl (C=O) groups is 2. The van der Waals surface area contributed by atoms with Crippen LogP contribution in [0.4, 0.5) is 0 Å². The van der Waals surface area contributed by atoms with E-state index in [1.54, 1.807) is 44.3 Å². The van der Waals surface area contributed by atoms with Crippen LogP contribution in [0, 0.1) is 6.92 Å². The predicted octanol–water partition coefficient (Wildman–Crippen LogP) is 4.60. The Morgan fingerprint density at radius 1 is 1.15 bits per heavy atom. The highest BCUT2D eigenvalue weighted by molar-refractivity contribution is 7.17. The van der Waals surface area contributed by atoms with E-state index in [0.717, 1.165) is 0 Å². The lowest BCUT2D eigenvalue weighted by Gasteiger charge is -2.11. The molecule has 0 N–H and O–H groups in total. The van der Waals surface area contributed by atoms with Gasteiger partial charge in [0, 0.05) is 16.8 Å². The van der Waals surface area contributed by atoms with Gasteiger partial charge in [-0.15, -0.1) is 11.3 Å². The SMILES string of the molecule is Cc1nc(-c2ccccn2)sc1C(=O)OC(C)C(=O)c1ccc(Cl)cc1. The summed E-state index contributed by atoms with van der Waals surface area (Å²) in [5, 5.41) is 1.17. The van der Waals surface area contributed by atoms with Crippen molar-refractivity contribution in [3.05, 3.63) is 69.8 Å². The highest BCUT2D eigenvalue weighted by Crippen LogP contribution is 2.27. The molecular formula is C19H15ClN2O3S. The average molecular weight is 387 g/mol. The third kappa shape index (κ3) is 3.98. The number of aryl methyl sites for hydroxylation is 1. The molecule has 0 radical (unpaired) electrons. The molecule has 0 fully saturated rings. The average Bonchev–Trinajstić information content (AvgIpc) is 3.04. The standard InChI is InChI=1S/C19H15ClN2O3S/c1-11-17(26-18(22-11)15-5-3-4-10-21-15)19(24)25-12(2)16(23)13-6-8-14(20)9-7-13/h3-10,12H,1-2H3. The van der Waals surface area contributed by atoms with Crippen LogP contribution in [-0.2, 0) is 4.74 Å². The van der Waals surface area contributed by atoms with Crippen molar-refractivity contribution < 1.29 is 14.3 Å². The second kappa shape index (κ2) is 7.76. The fraction of sp³-hybridized carbons (Fsp3) is 0.158. The molecule has 0 amide bonds. The van der Waals surface area contributed by atoms with Crippen molar-refractivity contribution in [2.75, 3.05) is 0 Å². The molecule has 1 atom stereocenters. The fourth-order valence-corrected chi connectivity index (χ4v) is 3.35. The second-order valence-corrected chi connectivity index (χ2v) is 7.00. The first-order chi connectivity index (χ1) is 12.5. The number of hydrogen-bond donors (Lipinski definition) is 0. The summed E-state index contributed by atoms with van der Waals surface area (Å²) in [6.45, 7) is 3.27. The lowest BCUT2D eigenvalue weighted by Crippen LogP contribution is -2.24. The van der Waals surface area contributed by atoms with Gasteiger partial charge in [0.1, 0.15) is 9.88 Å². The molecule has 0 bridgehead atoms. The summed E-state index contributed by atoms with van der Waals surface area (Å²) in [7, 11) is 0. The van der Waals surface area contributed by atoms with E-state index in [-0.39, 0.29) is 5.78 Å². The van der Waals surface area contributed by atoms with Crippen LogP contribution in [0.15, 0.2) is 48.7 Å². The summed E-state index contributed by atoms with van der Waals surface area (Å²) >= 11 is 7.02. The monoisotopic (exact) mass is 386 g/mol. The highest BCUT2D eigenvalue weighted by Gasteiger charge is 2.24. The van der Waals surface area contributed by atoms with Crippen LogP contribution in [-0.4, -0.2) is 27.8 Å². The number of Topliss-reactive ketones (excluding diaryl/α,β-unsaturated/α-hetero) is 1. The zero-order chi connectivity index (χ0) is 18.7. The number of nitrogens with zero attached hydrogens (tertiary/aromatic N) is 2. The molecular weight excluding hydrogens is 372 g/mol. The van der Waals surface area contributed by atoms with E-state index < -0.39 is 12.1 Å². The molecule has 0 aliphatic carbocycles. The Morgan fingerprint density at radius 3 is 2.54 bits per heavy atom. The van der Waals surface area contributed by atoms with Gasteiger partial charge in [0.2, 0.25) is 5.78 Å². The van der Waals surface area contributed by atoms with Crippen LogP contribution in [0.2, 0.25) is 5.02 Å². The van der Waals surface area contributed by atoms with Gasteiger partial charge in [0.05, 0.1) is 11.4 Å². The fourth-order valence-electron chi connectivity index (χ4n) is 2.30. The minimum Gasteiger partial charge on any atom is -0.450 e. The van der Waals surface area contributed by atoms with E-state index in [2.05, 4.69) is 9.97 Å². The molecule has 26 heavy (non-hydrogen) atoms. The quantitative estimate of drug-likeness (QED) is 0.473. The van der Waals surface area contributed by atoms with E-state index in [1.807, 2.05) is 18.2 Å². The second-order valence-electron chi connectivity index (χ2n) is 5.57. The van der Waals surface area contributed by atoms with Gasteiger partial charge in [0.25, 0.3) is 0 Å². The molecule has 5 nitrogen and oxygen atoms in total. The lowest BCUT2D eigenvalue weighted by atomic mass is 10.1. The number of rotatable bonds is 5. The molecule has 2 aromatic heterocycles. The first-order valence-electron chi connectivity index (χ1n) is 7.85. The van der Waals surface area contributed by atoms with Crippen molar-refractivity contribution >= 4 is 34.7 Å². The number of pyridine rings is 1.